The van der Waals surface area contributed by atoms with E-state index in [0.29, 0.717) is 0 Å². The molecule has 2 aromatic carbocycles. The molecule has 0 saturated heterocycles. The maximum atomic E-state index is 13.9. The Kier molecular flexibility index (Phi) is 3.95. The van der Waals surface area contributed by atoms with Crippen LogP contribution >= 0.6 is 15.9 Å². The molecular weight excluding hydrogens is 318 g/mol. The average molecular weight is 327 g/mol. The maximum Gasteiger partial charge on any atom is 0.196 e. The van der Waals surface area contributed by atoms with Gasteiger partial charge in [0.05, 0.1) is 17.1 Å². The van der Waals surface area contributed by atoms with E-state index < -0.39 is 17.4 Å². The molecule has 0 unspecified atom stereocenters. The summed E-state index contributed by atoms with van der Waals surface area (Å²) in [6.45, 7) is 0. The second kappa shape index (κ2) is 5.48. The van der Waals surface area contributed by atoms with Gasteiger partial charge in [0.15, 0.2) is 17.3 Å². The summed E-state index contributed by atoms with van der Waals surface area (Å²) in [6.07, 6.45) is 0. The van der Waals surface area contributed by atoms with Gasteiger partial charge in [-0.2, -0.15) is 0 Å². The Hall–Kier alpha value is -1.75. The number of ether oxygens (including phenoxy) is 1. The zero-order valence-corrected chi connectivity index (χ0v) is 11.5. The molecule has 0 bridgehead atoms. The quantitative estimate of drug-likeness (QED) is 0.798. The lowest BCUT2D eigenvalue weighted by Crippen LogP contribution is -2.06. The number of methoxy groups -OCH3 is 1. The molecule has 0 amide bonds. The molecule has 5 heteroatoms. The van der Waals surface area contributed by atoms with E-state index in [1.807, 2.05) is 0 Å². The van der Waals surface area contributed by atoms with E-state index in [9.17, 15) is 13.6 Å². The molecule has 2 nitrogen and oxygen atoms in total. The highest BCUT2D eigenvalue weighted by Crippen LogP contribution is 2.24. The molecule has 0 saturated carbocycles. The van der Waals surface area contributed by atoms with Crippen molar-refractivity contribution in [2.75, 3.05) is 7.11 Å². The van der Waals surface area contributed by atoms with Gasteiger partial charge in [-0.1, -0.05) is 6.07 Å². The molecule has 2 aromatic rings. The summed E-state index contributed by atoms with van der Waals surface area (Å²) in [5.41, 5.74) is -0.0751. The van der Waals surface area contributed by atoms with Crippen molar-refractivity contribution in [2.45, 2.75) is 0 Å². The zero-order valence-electron chi connectivity index (χ0n) is 9.91. The minimum Gasteiger partial charge on any atom is -0.494 e. The molecule has 0 aliphatic carbocycles. The summed E-state index contributed by atoms with van der Waals surface area (Å²) in [4.78, 5) is 12.1. The van der Waals surface area contributed by atoms with Crippen LogP contribution in [0.3, 0.4) is 0 Å². The third kappa shape index (κ3) is 2.66. The Labute approximate surface area is 117 Å². The molecular formula is C14H9BrF2O2. The molecule has 98 valence electrons. The van der Waals surface area contributed by atoms with Crippen LogP contribution in [-0.4, -0.2) is 12.9 Å². The summed E-state index contributed by atoms with van der Waals surface area (Å²) in [6, 6.07) is 8.14. The van der Waals surface area contributed by atoms with Crippen LogP contribution in [0.15, 0.2) is 40.9 Å². The molecule has 0 N–H and O–H groups in total. The van der Waals surface area contributed by atoms with Crippen molar-refractivity contribution < 1.29 is 18.3 Å². The Balaban J connectivity index is 2.47. The third-order valence-corrected chi connectivity index (χ3v) is 3.25. The van der Waals surface area contributed by atoms with E-state index in [1.54, 1.807) is 0 Å². The van der Waals surface area contributed by atoms with Crippen LogP contribution in [0.4, 0.5) is 8.78 Å². The minimum absolute atomic E-state index is 0.0246. The third-order valence-electron chi connectivity index (χ3n) is 2.61. The summed E-state index contributed by atoms with van der Waals surface area (Å²) in [5, 5.41) is 0. The molecule has 0 aliphatic heterocycles. The standard InChI is InChI=1S/C14H9BrF2O2/c1-19-12-4-2-3-9(13(12)17)14(18)8-5-6-10(15)11(16)7-8/h2-7H,1H3. The molecule has 0 atom stereocenters. The predicted molar refractivity (Wildman–Crippen MR) is 70.5 cm³/mol. The van der Waals surface area contributed by atoms with Crippen molar-refractivity contribution in [1.29, 1.82) is 0 Å². The van der Waals surface area contributed by atoms with Crippen molar-refractivity contribution in [2.24, 2.45) is 0 Å². The summed E-state index contributed by atoms with van der Waals surface area (Å²) in [5.74, 6) is -1.95. The molecule has 0 spiro atoms. The van der Waals surface area contributed by atoms with E-state index in [1.165, 1.54) is 37.4 Å². The van der Waals surface area contributed by atoms with Crippen molar-refractivity contribution in [3.8, 4) is 5.75 Å². The topological polar surface area (TPSA) is 26.3 Å². The first-order valence-electron chi connectivity index (χ1n) is 5.37. The number of carbonyl (C=O) groups excluding carboxylic acids is 1. The lowest BCUT2D eigenvalue weighted by Gasteiger charge is -2.07. The van der Waals surface area contributed by atoms with Crippen LogP contribution in [0, 0.1) is 11.6 Å². The monoisotopic (exact) mass is 326 g/mol. The second-order valence-electron chi connectivity index (χ2n) is 3.78. The minimum atomic E-state index is -0.752. The molecule has 0 radical (unpaired) electrons. The smallest absolute Gasteiger partial charge is 0.196 e. The van der Waals surface area contributed by atoms with Gasteiger partial charge in [0.25, 0.3) is 0 Å². The van der Waals surface area contributed by atoms with Gasteiger partial charge < -0.3 is 4.74 Å². The molecule has 19 heavy (non-hydrogen) atoms. The number of halogens is 3. The van der Waals surface area contributed by atoms with E-state index >= 15 is 0 Å². The van der Waals surface area contributed by atoms with Gasteiger partial charge in [-0.25, -0.2) is 8.78 Å². The van der Waals surface area contributed by atoms with Crippen molar-refractivity contribution in [1.82, 2.24) is 0 Å². The highest BCUT2D eigenvalue weighted by molar-refractivity contribution is 9.10. The highest BCUT2D eigenvalue weighted by Gasteiger charge is 2.18. The van der Waals surface area contributed by atoms with Crippen LogP contribution in [0.1, 0.15) is 15.9 Å². The van der Waals surface area contributed by atoms with Crippen LogP contribution < -0.4 is 4.74 Å². The lowest BCUT2D eigenvalue weighted by molar-refractivity contribution is 0.103. The molecule has 0 fully saturated rings. The van der Waals surface area contributed by atoms with Gasteiger partial charge in [-0.3, -0.25) is 4.79 Å². The number of hydrogen-bond donors (Lipinski definition) is 0. The Morgan fingerprint density at radius 2 is 1.95 bits per heavy atom. The molecule has 0 aliphatic rings. The first-order chi connectivity index (χ1) is 9.04. The fourth-order valence-corrected chi connectivity index (χ4v) is 1.88. The summed E-state index contributed by atoms with van der Waals surface area (Å²) >= 11 is 2.99. The maximum absolute atomic E-state index is 13.9. The fraction of sp³-hybridized carbons (Fsp3) is 0.0714. The second-order valence-corrected chi connectivity index (χ2v) is 4.63. The van der Waals surface area contributed by atoms with Crippen molar-refractivity contribution in [3.63, 3.8) is 0 Å². The molecule has 0 aromatic heterocycles. The van der Waals surface area contributed by atoms with Crippen molar-refractivity contribution in [3.05, 3.63) is 63.6 Å². The Bertz CT molecular complexity index is 641. The van der Waals surface area contributed by atoms with E-state index in [-0.39, 0.29) is 21.3 Å². The fourth-order valence-electron chi connectivity index (χ4n) is 1.64. The first kappa shape index (κ1) is 13.7. The Morgan fingerprint density at radius 3 is 2.58 bits per heavy atom. The van der Waals surface area contributed by atoms with E-state index in [4.69, 9.17) is 4.74 Å². The summed E-state index contributed by atoms with van der Waals surface area (Å²) in [7, 11) is 1.31. The first-order valence-corrected chi connectivity index (χ1v) is 6.16. The SMILES string of the molecule is COc1cccc(C(=O)c2ccc(Br)c(F)c2)c1F. The number of rotatable bonds is 3. The largest absolute Gasteiger partial charge is 0.494 e. The van der Waals surface area contributed by atoms with Crippen LogP contribution in [0.25, 0.3) is 0 Å². The van der Waals surface area contributed by atoms with Crippen LogP contribution in [-0.2, 0) is 0 Å². The number of hydrogen-bond acceptors (Lipinski definition) is 2. The molecule has 0 heterocycles. The number of ketones is 1. The van der Waals surface area contributed by atoms with Crippen LogP contribution in [0.2, 0.25) is 0 Å². The van der Waals surface area contributed by atoms with Gasteiger partial charge in [-0.05, 0) is 46.3 Å². The number of carbonyl (C=O) groups is 1. The van der Waals surface area contributed by atoms with Gasteiger partial charge in [-0.15, -0.1) is 0 Å². The van der Waals surface area contributed by atoms with Gasteiger partial charge >= 0.3 is 0 Å². The van der Waals surface area contributed by atoms with Gasteiger partial charge in [0, 0.05) is 5.56 Å². The van der Waals surface area contributed by atoms with Crippen LogP contribution in [0.5, 0.6) is 5.75 Å². The number of benzene rings is 2. The van der Waals surface area contributed by atoms with Crippen molar-refractivity contribution >= 4 is 21.7 Å². The van der Waals surface area contributed by atoms with Gasteiger partial charge in [0.1, 0.15) is 5.82 Å². The highest BCUT2D eigenvalue weighted by atomic mass is 79.9. The predicted octanol–water partition coefficient (Wildman–Crippen LogP) is 3.97. The van der Waals surface area contributed by atoms with E-state index in [2.05, 4.69) is 15.9 Å². The molecule has 2 rings (SSSR count). The van der Waals surface area contributed by atoms with Gasteiger partial charge in [0.2, 0.25) is 0 Å². The lowest BCUT2D eigenvalue weighted by atomic mass is 10.0. The normalized spacial score (nSPS) is 10.3. The van der Waals surface area contributed by atoms with E-state index in [0.717, 1.165) is 6.07 Å². The zero-order chi connectivity index (χ0) is 14.0. The Morgan fingerprint density at radius 1 is 1.21 bits per heavy atom. The average Bonchev–Trinajstić information content (AvgIpc) is 2.41. The summed E-state index contributed by atoms with van der Waals surface area (Å²) < 4.78 is 32.4.